The molecule has 0 heterocycles. The highest BCUT2D eigenvalue weighted by molar-refractivity contribution is 8.02. The molecule has 0 spiro atoms. The lowest BCUT2D eigenvalue weighted by atomic mass is 10.5. The van der Waals surface area contributed by atoms with Crippen LogP contribution in [0, 0.1) is 0 Å². The van der Waals surface area contributed by atoms with Gasteiger partial charge in [0.2, 0.25) is 0 Å². The third kappa shape index (κ3) is 6.36. The van der Waals surface area contributed by atoms with E-state index in [4.69, 9.17) is 16.3 Å². The molecule has 0 fully saturated rings. The SMILES string of the molecule is CCCO[P+](=S)CCC. The molecule has 54 valence electrons. The first kappa shape index (κ1) is 9.48. The average molecular weight is 165 g/mol. The minimum absolute atomic E-state index is 0.503. The summed E-state index contributed by atoms with van der Waals surface area (Å²) in [6.07, 6.45) is 3.31. The molecule has 1 unspecified atom stereocenters. The zero-order chi connectivity index (χ0) is 7.11. The fourth-order valence-electron chi connectivity index (χ4n) is 0.440. The molecule has 0 saturated heterocycles. The summed E-state index contributed by atoms with van der Waals surface area (Å²) >= 11 is 5.04. The van der Waals surface area contributed by atoms with Gasteiger partial charge in [-0.25, -0.2) is 0 Å². The van der Waals surface area contributed by atoms with Crippen molar-refractivity contribution in [3.05, 3.63) is 0 Å². The predicted octanol–water partition coefficient (Wildman–Crippen LogP) is 2.68. The third-order valence-corrected chi connectivity index (χ3v) is 2.99. The van der Waals surface area contributed by atoms with E-state index >= 15 is 0 Å². The van der Waals surface area contributed by atoms with E-state index in [9.17, 15) is 0 Å². The van der Waals surface area contributed by atoms with Gasteiger partial charge in [-0.3, -0.25) is 0 Å². The van der Waals surface area contributed by atoms with Crippen LogP contribution in [0.5, 0.6) is 0 Å². The van der Waals surface area contributed by atoms with Crippen molar-refractivity contribution in [3.8, 4) is 0 Å². The molecule has 0 rings (SSSR count). The molecule has 0 aliphatic rings. The molecule has 0 bridgehead atoms. The van der Waals surface area contributed by atoms with E-state index in [0.29, 0.717) is 0 Å². The molecule has 0 aromatic heterocycles. The van der Waals surface area contributed by atoms with Gasteiger partial charge in [0, 0.05) is 0 Å². The molecule has 0 aliphatic carbocycles. The summed E-state index contributed by atoms with van der Waals surface area (Å²) in [7, 11) is 0. The number of rotatable bonds is 5. The summed E-state index contributed by atoms with van der Waals surface area (Å²) in [5.74, 6) is 0. The van der Waals surface area contributed by atoms with E-state index in [0.717, 1.165) is 25.6 Å². The Kier molecular flexibility index (Phi) is 6.95. The summed E-state index contributed by atoms with van der Waals surface area (Å²) in [5.41, 5.74) is 0. The summed E-state index contributed by atoms with van der Waals surface area (Å²) in [6.45, 7) is 4.58. The first-order valence-electron chi connectivity index (χ1n) is 3.38. The molecular formula is C6H14OPS+. The van der Waals surface area contributed by atoms with Gasteiger partial charge in [0.15, 0.2) is 11.8 Å². The predicted molar refractivity (Wildman–Crippen MR) is 45.7 cm³/mol. The average Bonchev–Trinajstić information content (AvgIpc) is 1.85. The highest BCUT2D eigenvalue weighted by atomic mass is 32.4. The van der Waals surface area contributed by atoms with Crippen LogP contribution in [0.2, 0.25) is 0 Å². The van der Waals surface area contributed by atoms with Crippen molar-refractivity contribution >= 4 is 18.7 Å². The van der Waals surface area contributed by atoms with Crippen molar-refractivity contribution in [1.29, 1.82) is 0 Å². The Morgan fingerprint density at radius 2 is 2.00 bits per heavy atom. The first-order valence-corrected chi connectivity index (χ1v) is 5.84. The summed E-state index contributed by atoms with van der Waals surface area (Å²) in [6, 6.07) is 0. The lowest BCUT2D eigenvalue weighted by Gasteiger charge is -1.87. The molecule has 1 atom stereocenters. The van der Waals surface area contributed by atoms with Crippen LogP contribution in [-0.4, -0.2) is 12.8 Å². The fourth-order valence-corrected chi connectivity index (χ4v) is 2.09. The molecule has 0 aromatic rings. The van der Waals surface area contributed by atoms with Crippen molar-refractivity contribution in [1.82, 2.24) is 0 Å². The van der Waals surface area contributed by atoms with E-state index in [-0.39, 0.29) is 0 Å². The van der Waals surface area contributed by atoms with Crippen molar-refractivity contribution in [2.24, 2.45) is 0 Å². The Balaban J connectivity index is 3.06. The van der Waals surface area contributed by atoms with Crippen LogP contribution in [0.3, 0.4) is 0 Å². The first-order chi connectivity index (χ1) is 4.31. The second kappa shape index (κ2) is 6.60. The second-order valence-electron chi connectivity index (χ2n) is 1.89. The zero-order valence-electron chi connectivity index (χ0n) is 6.09. The molecular weight excluding hydrogens is 151 g/mol. The highest BCUT2D eigenvalue weighted by Crippen LogP contribution is 2.22. The maximum atomic E-state index is 5.31. The third-order valence-electron chi connectivity index (χ3n) is 0.846. The standard InChI is InChI=1S/C6H14OPS/c1-3-5-7-8(9)6-4-2/h3-6H2,1-2H3/q+1. The molecule has 0 amide bonds. The van der Waals surface area contributed by atoms with Crippen LogP contribution in [0.25, 0.3) is 0 Å². The topological polar surface area (TPSA) is 9.23 Å². The Morgan fingerprint density at radius 1 is 1.33 bits per heavy atom. The van der Waals surface area contributed by atoms with Crippen LogP contribution in [0.4, 0.5) is 0 Å². The van der Waals surface area contributed by atoms with E-state index in [1.54, 1.807) is 0 Å². The van der Waals surface area contributed by atoms with Crippen LogP contribution < -0.4 is 0 Å². The summed E-state index contributed by atoms with van der Waals surface area (Å²) < 4.78 is 5.31. The van der Waals surface area contributed by atoms with Gasteiger partial charge in [-0.15, -0.1) is 0 Å². The Morgan fingerprint density at radius 3 is 2.44 bits per heavy atom. The van der Waals surface area contributed by atoms with Crippen molar-refractivity contribution in [3.63, 3.8) is 0 Å². The lowest BCUT2D eigenvalue weighted by molar-refractivity contribution is 0.360. The van der Waals surface area contributed by atoms with Crippen molar-refractivity contribution in [2.45, 2.75) is 26.7 Å². The van der Waals surface area contributed by atoms with Crippen molar-refractivity contribution in [2.75, 3.05) is 12.8 Å². The van der Waals surface area contributed by atoms with Gasteiger partial charge < -0.3 is 0 Å². The number of hydrogen-bond donors (Lipinski definition) is 0. The van der Waals surface area contributed by atoms with Gasteiger partial charge in [-0.1, -0.05) is 13.8 Å². The molecule has 0 saturated carbocycles. The van der Waals surface area contributed by atoms with Gasteiger partial charge in [0.25, 0.3) is 0 Å². The number of hydrogen-bond acceptors (Lipinski definition) is 2. The Hall–Kier alpha value is 0.480. The maximum Gasteiger partial charge on any atom is 0.337 e. The fraction of sp³-hybridized carbons (Fsp3) is 1.00. The molecule has 1 nitrogen and oxygen atoms in total. The van der Waals surface area contributed by atoms with Gasteiger partial charge in [-0.2, -0.15) is 4.52 Å². The van der Waals surface area contributed by atoms with Gasteiger partial charge in [-0.05, 0) is 12.8 Å². The maximum absolute atomic E-state index is 5.31. The lowest BCUT2D eigenvalue weighted by Crippen LogP contribution is -1.84. The Labute approximate surface area is 63.3 Å². The largest absolute Gasteiger partial charge is 0.337 e. The quantitative estimate of drug-likeness (QED) is 0.579. The van der Waals surface area contributed by atoms with E-state index in [2.05, 4.69) is 13.8 Å². The van der Waals surface area contributed by atoms with E-state index in [1.807, 2.05) is 0 Å². The monoisotopic (exact) mass is 165 g/mol. The summed E-state index contributed by atoms with van der Waals surface area (Å²) in [4.78, 5) is 0. The normalized spacial score (nSPS) is 11.6. The molecule has 3 heteroatoms. The summed E-state index contributed by atoms with van der Waals surface area (Å²) in [5, 5.41) is 0. The zero-order valence-corrected chi connectivity index (χ0v) is 7.80. The van der Waals surface area contributed by atoms with Crippen molar-refractivity contribution < 1.29 is 4.52 Å². The second-order valence-corrected chi connectivity index (χ2v) is 4.48. The molecule has 0 radical (unpaired) electrons. The van der Waals surface area contributed by atoms with Crippen LogP contribution in [0.15, 0.2) is 0 Å². The Bertz CT molecular complexity index is 85.1. The minimum atomic E-state index is -0.503. The minimum Gasteiger partial charge on any atom is -0.168 e. The molecule has 0 aliphatic heterocycles. The van der Waals surface area contributed by atoms with Gasteiger partial charge in [0.05, 0.1) is 0 Å². The van der Waals surface area contributed by atoms with Gasteiger partial charge in [0.1, 0.15) is 12.8 Å². The van der Waals surface area contributed by atoms with E-state index < -0.39 is 6.92 Å². The molecule has 9 heavy (non-hydrogen) atoms. The van der Waals surface area contributed by atoms with Crippen LogP contribution in [-0.2, 0) is 16.3 Å². The van der Waals surface area contributed by atoms with Gasteiger partial charge >= 0.3 is 6.92 Å². The van der Waals surface area contributed by atoms with Crippen LogP contribution >= 0.6 is 6.92 Å². The molecule has 0 N–H and O–H groups in total. The van der Waals surface area contributed by atoms with Crippen LogP contribution in [0.1, 0.15) is 26.7 Å². The smallest absolute Gasteiger partial charge is 0.168 e. The highest BCUT2D eigenvalue weighted by Gasteiger charge is 2.06. The molecule has 0 aromatic carbocycles. The van der Waals surface area contributed by atoms with E-state index in [1.165, 1.54) is 0 Å².